The molecule has 0 aliphatic heterocycles. The van der Waals surface area contributed by atoms with Crippen molar-refractivity contribution in [2.75, 3.05) is 13.7 Å². The molecule has 0 radical (unpaired) electrons. The Labute approximate surface area is 145 Å². The first-order valence-corrected chi connectivity index (χ1v) is 8.23. The minimum Gasteiger partial charge on any atom is -0.493 e. The molecule has 0 fully saturated rings. The second-order valence-electron chi connectivity index (χ2n) is 5.77. The summed E-state index contributed by atoms with van der Waals surface area (Å²) < 4.78 is 21.5. The van der Waals surface area contributed by atoms with Gasteiger partial charge in [-0.3, -0.25) is 4.79 Å². The Morgan fingerprint density at radius 1 is 1.24 bits per heavy atom. The van der Waals surface area contributed by atoms with Gasteiger partial charge in [0, 0.05) is 36.4 Å². The number of carbonyl (C=O) groups excluding carboxylic acids is 2. The summed E-state index contributed by atoms with van der Waals surface area (Å²) in [7, 11) is 1.50. The average Bonchev–Trinajstić information content (AvgIpc) is 2.92. The van der Waals surface area contributed by atoms with Gasteiger partial charge in [-0.05, 0) is 31.4 Å². The Hall–Kier alpha value is -2.76. The van der Waals surface area contributed by atoms with Gasteiger partial charge in [-0.1, -0.05) is 0 Å². The molecule has 1 aromatic heterocycles. The molecular weight excluding hydrogens is 324 g/mol. The van der Waals surface area contributed by atoms with E-state index in [1.165, 1.54) is 20.1 Å². The van der Waals surface area contributed by atoms with E-state index in [4.69, 9.17) is 18.6 Å². The van der Waals surface area contributed by atoms with Crippen molar-refractivity contribution in [3.8, 4) is 11.5 Å². The van der Waals surface area contributed by atoms with E-state index in [0.717, 1.165) is 41.5 Å². The molecule has 25 heavy (non-hydrogen) atoms. The van der Waals surface area contributed by atoms with Gasteiger partial charge in [-0.15, -0.1) is 0 Å². The minimum atomic E-state index is -0.433. The topological polar surface area (TPSA) is 75.0 Å². The van der Waals surface area contributed by atoms with Crippen LogP contribution in [0.1, 0.15) is 38.0 Å². The number of carbonyl (C=O) groups is 2. The van der Waals surface area contributed by atoms with Crippen molar-refractivity contribution < 1.29 is 28.2 Å². The first-order valence-electron chi connectivity index (χ1n) is 8.23. The molecule has 0 saturated heterocycles. The van der Waals surface area contributed by atoms with Crippen molar-refractivity contribution in [3.05, 3.63) is 29.5 Å². The Balaban J connectivity index is 2.15. The van der Waals surface area contributed by atoms with Crippen molar-refractivity contribution in [1.29, 1.82) is 0 Å². The number of esters is 2. The Kier molecular flexibility index (Phi) is 4.79. The molecule has 1 aliphatic rings. The fourth-order valence-corrected chi connectivity index (χ4v) is 3.11. The summed E-state index contributed by atoms with van der Waals surface area (Å²) >= 11 is 0. The lowest BCUT2D eigenvalue weighted by molar-refractivity contribution is -0.137. The zero-order chi connectivity index (χ0) is 18.0. The van der Waals surface area contributed by atoms with Gasteiger partial charge in [0.1, 0.15) is 11.3 Å². The standard InChI is InChI=1S/C19H20O6/c1-4-23-18(21)8-12-6-5-7-14-19(12)13-9-17(24-11(2)20)16(22-3)10-15(13)25-14/h8-10H,4-7H2,1-3H3/b12-8+. The SMILES string of the molecule is CCOC(=O)/C=C1\CCCc2oc3cc(OC)c(OC(C)=O)cc3c21. The second-order valence-corrected chi connectivity index (χ2v) is 5.77. The molecule has 0 N–H and O–H groups in total. The molecule has 6 nitrogen and oxygen atoms in total. The normalized spacial score (nSPS) is 15.1. The van der Waals surface area contributed by atoms with E-state index >= 15 is 0 Å². The van der Waals surface area contributed by atoms with Crippen LogP contribution in [0.3, 0.4) is 0 Å². The van der Waals surface area contributed by atoms with E-state index in [2.05, 4.69) is 0 Å². The van der Waals surface area contributed by atoms with Crippen LogP contribution >= 0.6 is 0 Å². The maximum absolute atomic E-state index is 11.9. The first kappa shape index (κ1) is 17.1. The molecule has 1 aromatic carbocycles. The number of fused-ring (bicyclic) bond motifs is 3. The maximum atomic E-state index is 11.9. The highest BCUT2D eigenvalue weighted by Crippen LogP contribution is 2.42. The summed E-state index contributed by atoms with van der Waals surface area (Å²) in [5.41, 5.74) is 2.39. The Morgan fingerprint density at radius 2 is 2.04 bits per heavy atom. The van der Waals surface area contributed by atoms with Crippen LogP contribution in [-0.4, -0.2) is 25.7 Å². The quantitative estimate of drug-likeness (QED) is 0.479. The third-order valence-corrected chi connectivity index (χ3v) is 4.05. The van der Waals surface area contributed by atoms with Crippen LogP contribution in [0.2, 0.25) is 0 Å². The van der Waals surface area contributed by atoms with Crippen molar-refractivity contribution in [2.24, 2.45) is 0 Å². The minimum absolute atomic E-state index is 0.326. The number of benzene rings is 1. The lowest BCUT2D eigenvalue weighted by Crippen LogP contribution is -2.05. The van der Waals surface area contributed by atoms with Crippen molar-refractivity contribution in [1.82, 2.24) is 0 Å². The van der Waals surface area contributed by atoms with E-state index in [1.807, 2.05) is 0 Å². The monoisotopic (exact) mass is 344 g/mol. The maximum Gasteiger partial charge on any atom is 0.331 e. The van der Waals surface area contributed by atoms with Gasteiger partial charge in [0.25, 0.3) is 0 Å². The van der Waals surface area contributed by atoms with Crippen LogP contribution in [0, 0.1) is 0 Å². The van der Waals surface area contributed by atoms with Crippen molar-refractivity contribution in [2.45, 2.75) is 33.1 Å². The molecule has 2 aromatic rings. The highest BCUT2D eigenvalue weighted by atomic mass is 16.6. The number of rotatable bonds is 4. The molecule has 132 valence electrons. The summed E-state index contributed by atoms with van der Waals surface area (Å²) in [5.74, 6) is 0.765. The third kappa shape index (κ3) is 3.38. The van der Waals surface area contributed by atoms with Gasteiger partial charge in [0.2, 0.25) is 0 Å². The van der Waals surface area contributed by atoms with E-state index in [-0.39, 0.29) is 5.97 Å². The number of methoxy groups -OCH3 is 1. The number of aryl methyl sites for hydroxylation is 1. The molecule has 0 atom stereocenters. The molecule has 0 bridgehead atoms. The van der Waals surface area contributed by atoms with E-state index < -0.39 is 5.97 Å². The molecule has 6 heteroatoms. The molecule has 1 aliphatic carbocycles. The molecule has 1 heterocycles. The largest absolute Gasteiger partial charge is 0.493 e. The summed E-state index contributed by atoms with van der Waals surface area (Å²) in [6.45, 7) is 3.43. The van der Waals surface area contributed by atoms with E-state index in [0.29, 0.717) is 23.7 Å². The van der Waals surface area contributed by atoms with Crippen LogP contribution in [0.5, 0.6) is 11.5 Å². The van der Waals surface area contributed by atoms with Gasteiger partial charge in [-0.2, -0.15) is 0 Å². The van der Waals surface area contributed by atoms with E-state index in [9.17, 15) is 9.59 Å². The van der Waals surface area contributed by atoms with Crippen LogP contribution in [-0.2, 0) is 20.7 Å². The van der Waals surface area contributed by atoms with Crippen molar-refractivity contribution >= 4 is 28.5 Å². The predicted octanol–water partition coefficient (Wildman–Crippen LogP) is 3.65. The van der Waals surface area contributed by atoms with Gasteiger partial charge < -0.3 is 18.6 Å². The van der Waals surface area contributed by atoms with Crippen LogP contribution in [0.4, 0.5) is 0 Å². The molecular formula is C19H20O6. The zero-order valence-electron chi connectivity index (χ0n) is 14.5. The lowest BCUT2D eigenvalue weighted by atomic mass is 9.90. The number of hydrogen-bond donors (Lipinski definition) is 0. The van der Waals surface area contributed by atoms with Gasteiger partial charge in [-0.25, -0.2) is 4.79 Å². The number of hydrogen-bond acceptors (Lipinski definition) is 6. The summed E-state index contributed by atoms with van der Waals surface area (Å²) in [5, 5.41) is 0.794. The Bertz CT molecular complexity index is 858. The van der Waals surface area contributed by atoms with Crippen LogP contribution < -0.4 is 9.47 Å². The molecule has 0 unspecified atom stereocenters. The van der Waals surface area contributed by atoms with Gasteiger partial charge in [0.05, 0.1) is 13.7 Å². The summed E-state index contributed by atoms with van der Waals surface area (Å²) in [4.78, 5) is 23.2. The Morgan fingerprint density at radius 3 is 2.72 bits per heavy atom. The predicted molar refractivity (Wildman–Crippen MR) is 91.6 cm³/mol. The molecule has 3 rings (SSSR count). The highest BCUT2D eigenvalue weighted by Gasteiger charge is 2.24. The summed E-state index contributed by atoms with van der Waals surface area (Å²) in [6.07, 6.45) is 3.96. The van der Waals surface area contributed by atoms with Gasteiger partial charge in [0.15, 0.2) is 11.5 Å². The fourth-order valence-electron chi connectivity index (χ4n) is 3.11. The molecule has 0 saturated carbocycles. The third-order valence-electron chi connectivity index (χ3n) is 4.05. The lowest BCUT2D eigenvalue weighted by Gasteiger charge is -2.14. The average molecular weight is 344 g/mol. The first-order chi connectivity index (χ1) is 12.0. The highest BCUT2D eigenvalue weighted by molar-refractivity contribution is 6.00. The van der Waals surface area contributed by atoms with Crippen LogP contribution in [0.25, 0.3) is 16.5 Å². The molecule has 0 spiro atoms. The van der Waals surface area contributed by atoms with E-state index in [1.54, 1.807) is 19.1 Å². The number of allylic oxidation sites excluding steroid dienone is 1. The fraction of sp³-hybridized carbons (Fsp3) is 0.368. The van der Waals surface area contributed by atoms with Gasteiger partial charge >= 0.3 is 11.9 Å². The number of furan rings is 1. The van der Waals surface area contributed by atoms with Crippen molar-refractivity contribution in [3.63, 3.8) is 0 Å². The zero-order valence-corrected chi connectivity index (χ0v) is 14.5. The number of ether oxygens (including phenoxy) is 3. The van der Waals surface area contributed by atoms with Crippen LogP contribution in [0.15, 0.2) is 22.6 Å². The smallest absolute Gasteiger partial charge is 0.331 e. The molecule has 0 amide bonds. The summed E-state index contributed by atoms with van der Waals surface area (Å²) in [6, 6.07) is 3.43. The second kappa shape index (κ2) is 7.01.